The Balaban J connectivity index is 1.83. The average molecular weight is 323 g/mol. The van der Waals surface area contributed by atoms with Crippen LogP contribution in [0.5, 0.6) is 5.75 Å². The van der Waals surface area contributed by atoms with E-state index in [9.17, 15) is 0 Å². The van der Waals surface area contributed by atoms with E-state index in [0.717, 1.165) is 11.4 Å². The Kier molecular flexibility index (Phi) is 5.71. The van der Waals surface area contributed by atoms with Gasteiger partial charge in [0.25, 0.3) is 0 Å². The number of methoxy groups -OCH3 is 1. The van der Waals surface area contributed by atoms with Gasteiger partial charge in [0.2, 0.25) is 0 Å². The monoisotopic (exact) mass is 322 g/mol. The van der Waals surface area contributed by atoms with Crippen LogP contribution in [0.2, 0.25) is 5.02 Å². The molecule has 2 heterocycles. The van der Waals surface area contributed by atoms with E-state index >= 15 is 0 Å². The van der Waals surface area contributed by atoms with Crippen molar-refractivity contribution in [3.8, 4) is 5.75 Å². The highest BCUT2D eigenvalue weighted by molar-refractivity contribution is 7.80. The normalized spacial score (nSPS) is 10.0. The summed E-state index contributed by atoms with van der Waals surface area (Å²) in [7, 11) is 1.63. The quantitative estimate of drug-likeness (QED) is 0.825. The summed E-state index contributed by atoms with van der Waals surface area (Å²) in [5.74, 6) is 1.30. The summed E-state index contributed by atoms with van der Waals surface area (Å²) in [6.07, 6.45) is 4.08. The minimum absolute atomic E-state index is 0.463. The molecule has 0 fully saturated rings. The molecule has 0 aromatic carbocycles. The van der Waals surface area contributed by atoms with Crippen LogP contribution in [-0.2, 0) is 6.42 Å². The molecule has 0 unspecified atom stereocenters. The smallest absolute Gasteiger partial charge is 0.171 e. The molecule has 0 saturated heterocycles. The molecule has 0 spiro atoms. The molecule has 2 rings (SSSR count). The Hall–Kier alpha value is -1.92. The molecule has 21 heavy (non-hydrogen) atoms. The largest absolute Gasteiger partial charge is 0.495 e. The van der Waals surface area contributed by atoms with E-state index in [0.29, 0.717) is 28.9 Å². The first kappa shape index (κ1) is 15.5. The molecule has 0 radical (unpaired) electrons. The fourth-order valence-electron chi connectivity index (χ4n) is 1.72. The lowest BCUT2D eigenvalue weighted by molar-refractivity contribution is 0.406. The first-order chi connectivity index (χ1) is 10.2. The highest BCUT2D eigenvalue weighted by Gasteiger charge is 2.05. The number of nitrogens with one attached hydrogen (secondary N) is 2. The number of aromatic nitrogens is 2. The van der Waals surface area contributed by atoms with Gasteiger partial charge in [-0.1, -0.05) is 11.6 Å². The standard InChI is InChI=1S/C14H15ClN4OS/c1-20-12-5-3-7-16-11(12)6-9-18-14(21)19-13-10(15)4-2-8-17-13/h2-5,7-8H,6,9H2,1H3,(H2,17,18,19,21). The Bertz CT molecular complexity index is 623. The van der Waals surface area contributed by atoms with Crippen molar-refractivity contribution < 1.29 is 4.74 Å². The minimum Gasteiger partial charge on any atom is -0.495 e. The summed E-state index contributed by atoms with van der Waals surface area (Å²) in [5.41, 5.74) is 0.881. The van der Waals surface area contributed by atoms with Crippen LogP contribution in [-0.4, -0.2) is 28.7 Å². The number of ether oxygens (including phenoxy) is 1. The molecule has 7 heteroatoms. The molecule has 2 aromatic heterocycles. The summed E-state index contributed by atoms with van der Waals surface area (Å²) >= 11 is 11.2. The highest BCUT2D eigenvalue weighted by atomic mass is 35.5. The lowest BCUT2D eigenvalue weighted by Crippen LogP contribution is -2.30. The third-order valence-corrected chi connectivity index (χ3v) is 3.26. The van der Waals surface area contributed by atoms with Gasteiger partial charge in [0, 0.05) is 25.4 Å². The summed E-state index contributed by atoms with van der Waals surface area (Å²) in [4.78, 5) is 8.39. The predicted octanol–water partition coefficient (Wildman–Crippen LogP) is 2.67. The van der Waals surface area contributed by atoms with Gasteiger partial charge in [-0.25, -0.2) is 4.98 Å². The number of hydrogen-bond acceptors (Lipinski definition) is 4. The van der Waals surface area contributed by atoms with Gasteiger partial charge in [0.1, 0.15) is 5.75 Å². The van der Waals surface area contributed by atoms with Gasteiger partial charge in [0.05, 0.1) is 17.8 Å². The number of thiocarbonyl (C=S) groups is 1. The zero-order valence-electron chi connectivity index (χ0n) is 11.5. The summed E-state index contributed by atoms with van der Waals surface area (Å²) in [6.45, 7) is 0.629. The molecular weight excluding hydrogens is 308 g/mol. The fourth-order valence-corrected chi connectivity index (χ4v) is 2.09. The first-order valence-electron chi connectivity index (χ1n) is 6.34. The van der Waals surface area contributed by atoms with E-state index < -0.39 is 0 Å². The van der Waals surface area contributed by atoms with Crippen LogP contribution in [0.25, 0.3) is 0 Å². The second kappa shape index (κ2) is 7.75. The third-order valence-electron chi connectivity index (χ3n) is 2.71. The van der Waals surface area contributed by atoms with E-state index in [-0.39, 0.29) is 0 Å². The van der Waals surface area contributed by atoms with Crippen LogP contribution in [0.4, 0.5) is 5.82 Å². The maximum absolute atomic E-state index is 6.00. The van der Waals surface area contributed by atoms with Crippen molar-refractivity contribution >= 4 is 34.7 Å². The molecular formula is C14H15ClN4OS. The van der Waals surface area contributed by atoms with Gasteiger partial charge >= 0.3 is 0 Å². The average Bonchev–Trinajstić information content (AvgIpc) is 2.50. The Morgan fingerprint density at radius 3 is 2.81 bits per heavy atom. The van der Waals surface area contributed by atoms with E-state index in [2.05, 4.69) is 20.6 Å². The van der Waals surface area contributed by atoms with Gasteiger partial charge < -0.3 is 15.4 Å². The zero-order chi connectivity index (χ0) is 15.1. The third kappa shape index (κ3) is 4.54. The van der Waals surface area contributed by atoms with Crippen LogP contribution in [0, 0.1) is 0 Å². The second-order valence-electron chi connectivity index (χ2n) is 4.12. The molecule has 0 saturated carbocycles. The Morgan fingerprint density at radius 2 is 2.05 bits per heavy atom. The molecule has 0 amide bonds. The van der Waals surface area contributed by atoms with Crippen LogP contribution in [0.3, 0.4) is 0 Å². The van der Waals surface area contributed by atoms with Crippen LogP contribution >= 0.6 is 23.8 Å². The van der Waals surface area contributed by atoms with Gasteiger partial charge in [-0.2, -0.15) is 0 Å². The highest BCUT2D eigenvalue weighted by Crippen LogP contribution is 2.17. The van der Waals surface area contributed by atoms with Crippen molar-refractivity contribution in [2.75, 3.05) is 19.0 Å². The first-order valence-corrected chi connectivity index (χ1v) is 7.12. The molecule has 0 aliphatic carbocycles. The number of anilines is 1. The molecule has 0 atom stereocenters. The molecule has 0 aliphatic rings. The number of pyridine rings is 2. The SMILES string of the molecule is COc1cccnc1CCNC(=S)Nc1ncccc1Cl. The fraction of sp³-hybridized carbons (Fsp3) is 0.214. The van der Waals surface area contributed by atoms with Crippen molar-refractivity contribution in [3.63, 3.8) is 0 Å². The molecule has 110 valence electrons. The van der Waals surface area contributed by atoms with Gasteiger partial charge in [-0.05, 0) is 36.5 Å². The van der Waals surface area contributed by atoms with Gasteiger partial charge in [0.15, 0.2) is 10.9 Å². The minimum atomic E-state index is 0.463. The van der Waals surface area contributed by atoms with Crippen molar-refractivity contribution in [3.05, 3.63) is 47.4 Å². The lowest BCUT2D eigenvalue weighted by Gasteiger charge is -2.11. The van der Waals surface area contributed by atoms with Crippen molar-refractivity contribution in [1.82, 2.24) is 15.3 Å². The Morgan fingerprint density at radius 1 is 1.29 bits per heavy atom. The number of hydrogen-bond donors (Lipinski definition) is 2. The molecule has 2 aromatic rings. The van der Waals surface area contributed by atoms with Gasteiger partial charge in [-0.3, -0.25) is 4.98 Å². The van der Waals surface area contributed by atoms with E-state index in [1.165, 1.54) is 0 Å². The summed E-state index contributed by atoms with van der Waals surface area (Å²) in [6, 6.07) is 7.23. The molecule has 5 nitrogen and oxygen atoms in total. The Labute approximate surface area is 133 Å². The summed E-state index contributed by atoms with van der Waals surface area (Å²) in [5, 5.41) is 7.02. The molecule has 0 aliphatic heterocycles. The number of nitrogens with zero attached hydrogens (tertiary/aromatic N) is 2. The number of halogens is 1. The van der Waals surface area contributed by atoms with Crippen molar-refractivity contribution in [2.24, 2.45) is 0 Å². The maximum Gasteiger partial charge on any atom is 0.171 e. The van der Waals surface area contributed by atoms with Crippen LogP contribution < -0.4 is 15.4 Å². The van der Waals surface area contributed by atoms with Crippen LogP contribution in [0.15, 0.2) is 36.7 Å². The lowest BCUT2D eigenvalue weighted by atomic mass is 10.2. The topological polar surface area (TPSA) is 59.1 Å². The van der Waals surface area contributed by atoms with Crippen LogP contribution in [0.1, 0.15) is 5.69 Å². The van der Waals surface area contributed by atoms with E-state index in [1.807, 2.05) is 12.1 Å². The molecule has 0 bridgehead atoms. The van der Waals surface area contributed by atoms with Crippen molar-refractivity contribution in [1.29, 1.82) is 0 Å². The zero-order valence-corrected chi connectivity index (χ0v) is 13.0. The molecule has 2 N–H and O–H groups in total. The van der Waals surface area contributed by atoms with E-state index in [4.69, 9.17) is 28.6 Å². The predicted molar refractivity (Wildman–Crippen MR) is 88.0 cm³/mol. The van der Waals surface area contributed by atoms with E-state index in [1.54, 1.807) is 31.6 Å². The second-order valence-corrected chi connectivity index (χ2v) is 4.93. The van der Waals surface area contributed by atoms with Gasteiger partial charge in [-0.15, -0.1) is 0 Å². The van der Waals surface area contributed by atoms with Crippen molar-refractivity contribution in [2.45, 2.75) is 6.42 Å². The number of rotatable bonds is 5. The summed E-state index contributed by atoms with van der Waals surface area (Å²) < 4.78 is 5.25. The maximum atomic E-state index is 6.00.